The zero-order valence-electron chi connectivity index (χ0n) is 19.4. The number of hydrogen-bond donors (Lipinski definition) is 0. The van der Waals surface area contributed by atoms with Crippen LogP contribution in [0.3, 0.4) is 0 Å². The zero-order valence-corrected chi connectivity index (χ0v) is 20.2. The first-order valence-electron chi connectivity index (χ1n) is 10.7. The van der Waals surface area contributed by atoms with Gasteiger partial charge in [0.2, 0.25) is 0 Å². The predicted molar refractivity (Wildman–Crippen MR) is 123 cm³/mol. The number of imidazole rings is 2. The van der Waals surface area contributed by atoms with Gasteiger partial charge in [-0.05, 0) is 23.7 Å². The molecule has 0 aliphatic heterocycles. The standard InChI is InChI=1S/C22H38N6.ClH/c1-15(2)9-21-23-19(13-27(21)11-17(5)6)25-26-20-14-28(12-18(7)8)22(24-20)10-16(3)4;/h13-18H,9-12H2,1-8H3;1H/b26-25+;. The van der Waals surface area contributed by atoms with Gasteiger partial charge in [-0.1, -0.05) is 55.4 Å². The lowest BCUT2D eigenvalue weighted by Gasteiger charge is -2.11. The summed E-state index contributed by atoms with van der Waals surface area (Å²) in [5, 5.41) is 8.80. The van der Waals surface area contributed by atoms with Gasteiger partial charge < -0.3 is 9.13 Å². The Labute approximate surface area is 182 Å². The number of nitrogens with zero attached hydrogens (tertiary/aromatic N) is 6. The molecule has 0 aliphatic rings. The monoisotopic (exact) mass is 422 g/mol. The van der Waals surface area contributed by atoms with Gasteiger partial charge in [0.05, 0.1) is 12.4 Å². The van der Waals surface area contributed by atoms with Gasteiger partial charge in [-0.15, -0.1) is 22.6 Å². The van der Waals surface area contributed by atoms with E-state index in [9.17, 15) is 0 Å². The van der Waals surface area contributed by atoms with Crippen molar-refractivity contribution in [2.24, 2.45) is 33.9 Å². The molecule has 2 heterocycles. The van der Waals surface area contributed by atoms with E-state index in [1.165, 1.54) is 0 Å². The highest BCUT2D eigenvalue weighted by molar-refractivity contribution is 5.85. The van der Waals surface area contributed by atoms with Crippen LogP contribution in [0, 0.1) is 23.7 Å². The molecule has 0 bridgehead atoms. The Morgan fingerprint density at radius 3 is 1.28 bits per heavy atom. The normalized spacial score (nSPS) is 12.1. The lowest BCUT2D eigenvalue weighted by molar-refractivity contribution is 0.490. The van der Waals surface area contributed by atoms with Crippen LogP contribution >= 0.6 is 12.4 Å². The van der Waals surface area contributed by atoms with Crippen molar-refractivity contribution in [2.45, 2.75) is 81.3 Å². The van der Waals surface area contributed by atoms with Gasteiger partial charge in [0, 0.05) is 25.9 Å². The highest BCUT2D eigenvalue weighted by Gasteiger charge is 2.13. The summed E-state index contributed by atoms with van der Waals surface area (Å²) in [5.41, 5.74) is 0. The number of azo groups is 1. The van der Waals surface area contributed by atoms with Gasteiger partial charge in [-0.2, -0.15) is 0 Å². The largest absolute Gasteiger partial charge is 0.332 e. The fraction of sp³-hybridized carbons (Fsp3) is 0.727. The second kappa shape index (κ2) is 11.5. The first-order valence-corrected chi connectivity index (χ1v) is 10.7. The minimum atomic E-state index is 0. The number of halogens is 1. The third-order valence-corrected chi connectivity index (χ3v) is 4.25. The van der Waals surface area contributed by atoms with Crippen molar-refractivity contribution in [3.63, 3.8) is 0 Å². The Hall–Kier alpha value is -1.69. The SMILES string of the molecule is CC(C)Cc1nc(/N=N/c2cn(CC(C)C)c(CC(C)C)n2)cn1CC(C)C.Cl. The molecule has 2 rings (SSSR count). The number of rotatable bonds is 10. The van der Waals surface area contributed by atoms with Crippen molar-refractivity contribution < 1.29 is 0 Å². The minimum Gasteiger partial charge on any atom is -0.332 e. The van der Waals surface area contributed by atoms with Crippen LogP contribution in [0.5, 0.6) is 0 Å². The molecule has 0 aromatic carbocycles. The molecule has 0 aliphatic carbocycles. The highest BCUT2D eigenvalue weighted by atomic mass is 35.5. The van der Waals surface area contributed by atoms with E-state index in [2.05, 4.69) is 74.8 Å². The fourth-order valence-corrected chi connectivity index (χ4v) is 3.24. The molecule has 0 amide bonds. The topological polar surface area (TPSA) is 60.4 Å². The molecule has 0 saturated carbocycles. The second-order valence-corrected chi connectivity index (χ2v) is 9.52. The summed E-state index contributed by atoms with van der Waals surface area (Å²) in [6, 6.07) is 0. The summed E-state index contributed by atoms with van der Waals surface area (Å²) in [6.45, 7) is 19.6. The molecule has 6 nitrogen and oxygen atoms in total. The molecule has 0 spiro atoms. The van der Waals surface area contributed by atoms with Crippen molar-refractivity contribution in [1.82, 2.24) is 19.1 Å². The molecule has 29 heavy (non-hydrogen) atoms. The quantitative estimate of drug-likeness (QED) is 0.403. The molecule has 0 unspecified atom stereocenters. The van der Waals surface area contributed by atoms with Gasteiger partial charge in [-0.25, -0.2) is 9.97 Å². The minimum absolute atomic E-state index is 0. The summed E-state index contributed by atoms with van der Waals surface area (Å²) >= 11 is 0. The molecule has 0 N–H and O–H groups in total. The molecular formula is C22H39ClN6. The number of aromatic nitrogens is 4. The Morgan fingerprint density at radius 1 is 0.655 bits per heavy atom. The van der Waals surface area contributed by atoms with E-state index in [1.54, 1.807) is 0 Å². The lowest BCUT2D eigenvalue weighted by Crippen LogP contribution is -2.09. The van der Waals surface area contributed by atoms with Crippen LogP contribution in [0.25, 0.3) is 0 Å². The van der Waals surface area contributed by atoms with Gasteiger partial charge in [0.1, 0.15) is 11.6 Å². The van der Waals surface area contributed by atoms with E-state index in [0.29, 0.717) is 35.3 Å². The van der Waals surface area contributed by atoms with Gasteiger partial charge in [-0.3, -0.25) is 0 Å². The lowest BCUT2D eigenvalue weighted by atomic mass is 10.1. The molecular weight excluding hydrogens is 384 g/mol. The van der Waals surface area contributed by atoms with E-state index in [4.69, 9.17) is 9.97 Å². The summed E-state index contributed by atoms with van der Waals surface area (Å²) < 4.78 is 4.45. The Bertz CT molecular complexity index is 651. The number of hydrogen-bond acceptors (Lipinski definition) is 4. The fourth-order valence-electron chi connectivity index (χ4n) is 3.24. The van der Waals surface area contributed by atoms with Crippen LogP contribution in [-0.4, -0.2) is 19.1 Å². The van der Waals surface area contributed by atoms with Gasteiger partial charge in [0.15, 0.2) is 11.6 Å². The first-order chi connectivity index (χ1) is 13.1. The third-order valence-electron chi connectivity index (χ3n) is 4.25. The van der Waals surface area contributed by atoms with Crippen molar-refractivity contribution in [1.29, 1.82) is 0 Å². The van der Waals surface area contributed by atoms with Gasteiger partial charge in [0.25, 0.3) is 0 Å². The summed E-state index contributed by atoms with van der Waals surface area (Å²) in [7, 11) is 0. The van der Waals surface area contributed by atoms with E-state index in [-0.39, 0.29) is 12.4 Å². The van der Waals surface area contributed by atoms with E-state index >= 15 is 0 Å². The van der Waals surface area contributed by atoms with Crippen molar-refractivity contribution >= 4 is 24.0 Å². The smallest absolute Gasteiger partial charge is 0.192 e. The highest BCUT2D eigenvalue weighted by Crippen LogP contribution is 2.21. The second-order valence-electron chi connectivity index (χ2n) is 9.52. The molecule has 0 fully saturated rings. The van der Waals surface area contributed by atoms with Gasteiger partial charge >= 0.3 is 0 Å². The maximum Gasteiger partial charge on any atom is 0.192 e. The summed E-state index contributed by atoms with van der Waals surface area (Å²) in [5.74, 6) is 5.75. The molecule has 0 saturated heterocycles. The molecule has 0 radical (unpaired) electrons. The first kappa shape index (κ1) is 25.3. The summed E-state index contributed by atoms with van der Waals surface area (Å²) in [4.78, 5) is 9.42. The zero-order chi connectivity index (χ0) is 20.8. The van der Waals surface area contributed by atoms with Crippen LogP contribution in [0.15, 0.2) is 22.6 Å². The van der Waals surface area contributed by atoms with E-state index in [1.807, 2.05) is 12.4 Å². The van der Waals surface area contributed by atoms with Crippen LogP contribution in [-0.2, 0) is 25.9 Å². The molecule has 164 valence electrons. The van der Waals surface area contributed by atoms with E-state index < -0.39 is 0 Å². The maximum absolute atomic E-state index is 4.71. The van der Waals surface area contributed by atoms with Crippen LogP contribution in [0.1, 0.15) is 67.0 Å². The van der Waals surface area contributed by atoms with Crippen LogP contribution in [0.2, 0.25) is 0 Å². The van der Waals surface area contributed by atoms with Crippen molar-refractivity contribution in [2.75, 3.05) is 0 Å². The summed E-state index contributed by atoms with van der Waals surface area (Å²) in [6.07, 6.45) is 5.93. The van der Waals surface area contributed by atoms with Crippen molar-refractivity contribution in [3.05, 3.63) is 24.0 Å². The Kier molecular flexibility index (Phi) is 10.0. The van der Waals surface area contributed by atoms with E-state index in [0.717, 1.165) is 37.6 Å². The van der Waals surface area contributed by atoms with Crippen molar-refractivity contribution in [3.8, 4) is 0 Å². The average molecular weight is 423 g/mol. The maximum atomic E-state index is 4.71. The Morgan fingerprint density at radius 2 is 1.00 bits per heavy atom. The molecule has 2 aromatic heterocycles. The molecule has 2 aromatic rings. The Balaban J connectivity index is 0.00000420. The third kappa shape index (κ3) is 8.29. The van der Waals surface area contributed by atoms with Crippen LogP contribution < -0.4 is 0 Å². The molecule has 0 atom stereocenters. The molecule has 7 heteroatoms. The van der Waals surface area contributed by atoms with Crippen LogP contribution in [0.4, 0.5) is 11.6 Å². The predicted octanol–water partition coefficient (Wildman–Crippen LogP) is 6.63. The average Bonchev–Trinajstić information content (AvgIpc) is 3.07.